The SMILES string of the molecule is CC1(CO)CCCC1NC(=O)Nc1ccccc1OCC1CC1. The van der Waals surface area contributed by atoms with Crippen LogP contribution in [0, 0.1) is 11.3 Å². The maximum absolute atomic E-state index is 12.3. The molecule has 0 aliphatic heterocycles. The topological polar surface area (TPSA) is 70.6 Å². The number of ether oxygens (including phenoxy) is 1. The van der Waals surface area contributed by atoms with Gasteiger partial charge >= 0.3 is 6.03 Å². The molecule has 0 saturated heterocycles. The third-order valence-corrected chi connectivity index (χ3v) is 5.06. The first-order valence-corrected chi connectivity index (χ1v) is 8.51. The van der Waals surface area contributed by atoms with E-state index in [-0.39, 0.29) is 24.1 Å². The number of para-hydroxylation sites is 2. The van der Waals surface area contributed by atoms with Crippen LogP contribution in [0.3, 0.4) is 0 Å². The van der Waals surface area contributed by atoms with Crippen LogP contribution in [-0.4, -0.2) is 30.4 Å². The monoisotopic (exact) mass is 318 g/mol. The summed E-state index contributed by atoms with van der Waals surface area (Å²) in [5.74, 6) is 1.38. The van der Waals surface area contributed by atoms with E-state index >= 15 is 0 Å². The number of carbonyl (C=O) groups is 1. The van der Waals surface area contributed by atoms with Crippen LogP contribution in [-0.2, 0) is 0 Å². The van der Waals surface area contributed by atoms with E-state index < -0.39 is 0 Å². The van der Waals surface area contributed by atoms with Crippen molar-refractivity contribution < 1.29 is 14.6 Å². The third kappa shape index (κ3) is 3.96. The molecule has 3 N–H and O–H groups in total. The zero-order valence-corrected chi connectivity index (χ0v) is 13.7. The summed E-state index contributed by atoms with van der Waals surface area (Å²) in [7, 11) is 0. The molecule has 23 heavy (non-hydrogen) atoms. The minimum Gasteiger partial charge on any atom is -0.491 e. The lowest BCUT2D eigenvalue weighted by Gasteiger charge is -2.30. The van der Waals surface area contributed by atoms with Crippen molar-refractivity contribution in [3.8, 4) is 5.75 Å². The summed E-state index contributed by atoms with van der Waals surface area (Å²) in [6, 6.07) is 7.29. The van der Waals surface area contributed by atoms with Gasteiger partial charge in [0, 0.05) is 11.5 Å². The largest absolute Gasteiger partial charge is 0.491 e. The molecule has 2 saturated carbocycles. The predicted molar refractivity (Wildman–Crippen MR) is 89.6 cm³/mol. The Labute approximate surface area is 137 Å². The first-order valence-electron chi connectivity index (χ1n) is 8.51. The standard InChI is InChI=1S/C18H26N2O3/c1-18(12-21)10-4-7-16(18)20-17(22)19-14-5-2-3-6-15(14)23-11-13-8-9-13/h2-3,5-6,13,16,21H,4,7-12H2,1H3,(H2,19,20,22). The van der Waals surface area contributed by atoms with Gasteiger partial charge in [0.05, 0.1) is 18.9 Å². The molecule has 2 amide bonds. The van der Waals surface area contributed by atoms with Crippen molar-refractivity contribution in [2.45, 2.75) is 45.1 Å². The smallest absolute Gasteiger partial charge is 0.319 e. The minimum absolute atomic E-state index is 0.00652. The highest BCUT2D eigenvalue weighted by molar-refractivity contribution is 5.91. The van der Waals surface area contributed by atoms with E-state index in [1.54, 1.807) is 0 Å². The van der Waals surface area contributed by atoms with Gasteiger partial charge in [0.15, 0.2) is 0 Å². The van der Waals surface area contributed by atoms with E-state index in [1.807, 2.05) is 31.2 Å². The Morgan fingerprint density at radius 1 is 1.35 bits per heavy atom. The summed E-state index contributed by atoms with van der Waals surface area (Å²) >= 11 is 0. The molecule has 2 atom stereocenters. The van der Waals surface area contributed by atoms with Gasteiger partial charge in [-0.1, -0.05) is 25.5 Å². The Bertz CT molecular complexity index is 559. The van der Waals surface area contributed by atoms with Crippen LogP contribution in [0.4, 0.5) is 10.5 Å². The predicted octanol–water partition coefficient (Wildman–Crippen LogP) is 3.15. The Balaban J connectivity index is 1.59. The highest BCUT2D eigenvalue weighted by atomic mass is 16.5. The van der Waals surface area contributed by atoms with Gasteiger partial charge in [-0.15, -0.1) is 0 Å². The molecule has 1 aromatic carbocycles. The Kier molecular flexibility index (Phi) is 4.76. The van der Waals surface area contributed by atoms with Gasteiger partial charge in [-0.05, 0) is 43.7 Å². The summed E-state index contributed by atoms with van der Waals surface area (Å²) in [6.07, 6.45) is 5.35. The van der Waals surface area contributed by atoms with Gasteiger partial charge in [0.1, 0.15) is 5.75 Å². The van der Waals surface area contributed by atoms with Crippen LogP contribution in [0.5, 0.6) is 5.75 Å². The summed E-state index contributed by atoms with van der Waals surface area (Å²) in [5, 5.41) is 15.5. The molecule has 5 heteroatoms. The lowest BCUT2D eigenvalue weighted by atomic mass is 9.86. The second kappa shape index (κ2) is 6.79. The van der Waals surface area contributed by atoms with E-state index in [0.717, 1.165) is 19.3 Å². The van der Waals surface area contributed by atoms with Crippen molar-refractivity contribution in [2.75, 3.05) is 18.5 Å². The van der Waals surface area contributed by atoms with E-state index in [2.05, 4.69) is 10.6 Å². The zero-order chi connectivity index (χ0) is 16.3. The van der Waals surface area contributed by atoms with Crippen LogP contribution < -0.4 is 15.4 Å². The van der Waals surface area contributed by atoms with E-state index in [4.69, 9.17) is 4.74 Å². The fourth-order valence-electron chi connectivity index (χ4n) is 3.17. The van der Waals surface area contributed by atoms with Gasteiger partial charge in [-0.25, -0.2) is 4.79 Å². The lowest BCUT2D eigenvalue weighted by molar-refractivity contribution is 0.122. The van der Waals surface area contributed by atoms with E-state index in [9.17, 15) is 9.90 Å². The highest BCUT2D eigenvalue weighted by Crippen LogP contribution is 2.37. The van der Waals surface area contributed by atoms with Gasteiger partial charge in [-0.3, -0.25) is 0 Å². The van der Waals surface area contributed by atoms with Crippen LogP contribution in [0.15, 0.2) is 24.3 Å². The Morgan fingerprint density at radius 3 is 2.87 bits per heavy atom. The van der Waals surface area contributed by atoms with Gasteiger partial charge in [0.25, 0.3) is 0 Å². The Hall–Kier alpha value is -1.75. The summed E-state index contributed by atoms with van der Waals surface area (Å²) in [6.45, 7) is 2.84. The summed E-state index contributed by atoms with van der Waals surface area (Å²) < 4.78 is 5.81. The molecule has 2 unspecified atom stereocenters. The minimum atomic E-state index is -0.237. The Morgan fingerprint density at radius 2 is 2.13 bits per heavy atom. The van der Waals surface area contributed by atoms with Crippen molar-refractivity contribution in [1.82, 2.24) is 5.32 Å². The molecule has 0 radical (unpaired) electrons. The first kappa shape index (κ1) is 16.1. The zero-order valence-electron chi connectivity index (χ0n) is 13.7. The van der Waals surface area contributed by atoms with Crippen molar-refractivity contribution in [3.05, 3.63) is 24.3 Å². The molecule has 1 aromatic rings. The average Bonchev–Trinajstić information content (AvgIpc) is 3.31. The number of benzene rings is 1. The van der Waals surface area contributed by atoms with Gasteiger partial charge < -0.3 is 20.5 Å². The lowest BCUT2D eigenvalue weighted by Crippen LogP contribution is -2.46. The second-order valence-corrected chi connectivity index (χ2v) is 7.11. The number of rotatable bonds is 6. The van der Waals surface area contributed by atoms with E-state index in [0.29, 0.717) is 24.0 Å². The number of hydrogen-bond donors (Lipinski definition) is 3. The molecule has 0 aromatic heterocycles. The van der Waals surface area contributed by atoms with Crippen LogP contribution >= 0.6 is 0 Å². The quantitative estimate of drug-likeness (QED) is 0.754. The number of nitrogens with one attached hydrogen (secondary N) is 2. The number of urea groups is 1. The van der Waals surface area contributed by atoms with Crippen molar-refractivity contribution in [3.63, 3.8) is 0 Å². The van der Waals surface area contributed by atoms with E-state index in [1.165, 1.54) is 12.8 Å². The van der Waals surface area contributed by atoms with Crippen LogP contribution in [0.2, 0.25) is 0 Å². The average molecular weight is 318 g/mol. The molecule has 2 aliphatic rings. The molecule has 126 valence electrons. The highest BCUT2D eigenvalue weighted by Gasteiger charge is 2.39. The molecule has 3 rings (SSSR count). The third-order valence-electron chi connectivity index (χ3n) is 5.06. The molecule has 2 fully saturated rings. The van der Waals surface area contributed by atoms with Crippen molar-refractivity contribution in [1.29, 1.82) is 0 Å². The number of aliphatic hydroxyl groups is 1. The van der Waals surface area contributed by atoms with Crippen molar-refractivity contribution in [2.24, 2.45) is 11.3 Å². The van der Waals surface area contributed by atoms with Crippen LogP contribution in [0.25, 0.3) is 0 Å². The summed E-state index contributed by atoms with van der Waals surface area (Å²) in [5.41, 5.74) is 0.466. The molecule has 5 nitrogen and oxygen atoms in total. The number of hydrogen-bond acceptors (Lipinski definition) is 3. The van der Waals surface area contributed by atoms with Crippen molar-refractivity contribution >= 4 is 11.7 Å². The fraction of sp³-hybridized carbons (Fsp3) is 0.611. The number of carbonyl (C=O) groups excluding carboxylic acids is 1. The van der Waals surface area contributed by atoms with Crippen LogP contribution in [0.1, 0.15) is 39.0 Å². The maximum Gasteiger partial charge on any atom is 0.319 e. The van der Waals surface area contributed by atoms with Gasteiger partial charge in [0.2, 0.25) is 0 Å². The molecule has 2 aliphatic carbocycles. The second-order valence-electron chi connectivity index (χ2n) is 7.11. The van der Waals surface area contributed by atoms with Gasteiger partial charge in [-0.2, -0.15) is 0 Å². The molecule has 0 bridgehead atoms. The fourth-order valence-corrected chi connectivity index (χ4v) is 3.17. The molecular formula is C18H26N2O3. The summed E-state index contributed by atoms with van der Waals surface area (Å²) in [4.78, 5) is 12.3. The molecular weight excluding hydrogens is 292 g/mol. The first-order chi connectivity index (χ1) is 11.1. The molecule has 0 heterocycles. The maximum atomic E-state index is 12.3. The normalized spacial score (nSPS) is 26.8. The molecule has 0 spiro atoms. The number of amides is 2. The number of aliphatic hydroxyl groups excluding tert-OH is 1. The number of anilines is 1.